The highest BCUT2D eigenvalue weighted by Gasteiger charge is 2.18. The van der Waals surface area contributed by atoms with Gasteiger partial charge in [-0.05, 0) is 54.2 Å². The number of hydrogen-bond donors (Lipinski definition) is 3. The number of aryl methyl sites for hydroxylation is 1. The van der Waals surface area contributed by atoms with Crippen molar-refractivity contribution >= 4 is 0 Å². The summed E-state index contributed by atoms with van der Waals surface area (Å²) in [5.74, 6) is 0.169. The van der Waals surface area contributed by atoms with Crippen molar-refractivity contribution in [1.29, 1.82) is 0 Å². The van der Waals surface area contributed by atoms with E-state index in [1.54, 1.807) is 12.1 Å². The third kappa shape index (κ3) is 2.68. The summed E-state index contributed by atoms with van der Waals surface area (Å²) in [6.45, 7) is 6.23. The van der Waals surface area contributed by atoms with E-state index in [9.17, 15) is 15.3 Å². The second kappa shape index (κ2) is 6.08. The lowest BCUT2D eigenvalue weighted by Gasteiger charge is -2.19. The van der Waals surface area contributed by atoms with Crippen molar-refractivity contribution in [2.24, 2.45) is 0 Å². The van der Waals surface area contributed by atoms with E-state index in [1.165, 1.54) is 17.7 Å². The van der Waals surface area contributed by atoms with Crippen LogP contribution in [0.2, 0.25) is 0 Å². The maximum atomic E-state index is 10.4. The zero-order chi connectivity index (χ0) is 15.6. The largest absolute Gasteiger partial charge is 0.508 e. The van der Waals surface area contributed by atoms with Gasteiger partial charge in [-0.3, -0.25) is 0 Å². The van der Waals surface area contributed by atoms with Crippen LogP contribution in [0.1, 0.15) is 37.5 Å². The molecule has 0 saturated carbocycles. The Morgan fingerprint density at radius 1 is 0.762 bits per heavy atom. The standard InChI is InChI=1S/C18H22O3/c1-4-11-9-17(21)18(14(6-3)13(11)5-2)15-8-7-12(19)10-16(15)20/h7-10,19-21H,4-6H2,1-3H3. The molecule has 0 radical (unpaired) electrons. The zero-order valence-electron chi connectivity index (χ0n) is 12.8. The molecule has 0 unspecified atom stereocenters. The van der Waals surface area contributed by atoms with E-state index in [0.717, 1.165) is 30.4 Å². The minimum Gasteiger partial charge on any atom is -0.508 e. The highest BCUT2D eigenvalue weighted by atomic mass is 16.3. The first kappa shape index (κ1) is 15.2. The first-order valence-electron chi connectivity index (χ1n) is 7.42. The quantitative estimate of drug-likeness (QED) is 0.791. The molecule has 2 rings (SSSR count). The molecule has 0 amide bonds. The molecule has 0 aliphatic heterocycles. The van der Waals surface area contributed by atoms with Gasteiger partial charge in [0.15, 0.2) is 0 Å². The van der Waals surface area contributed by atoms with Crippen LogP contribution in [0.15, 0.2) is 24.3 Å². The molecule has 0 aliphatic carbocycles. The van der Waals surface area contributed by atoms with Gasteiger partial charge in [-0.2, -0.15) is 0 Å². The average Bonchev–Trinajstić information content (AvgIpc) is 2.46. The highest BCUT2D eigenvalue weighted by molar-refractivity contribution is 5.80. The zero-order valence-corrected chi connectivity index (χ0v) is 12.8. The fourth-order valence-corrected chi connectivity index (χ4v) is 3.00. The Balaban J connectivity index is 2.79. The summed E-state index contributed by atoms with van der Waals surface area (Å²) in [6, 6.07) is 6.25. The van der Waals surface area contributed by atoms with Crippen LogP contribution in [0.3, 0.4) is 0 Å². The first-order chi connectivity index (χ1) is 10.0. The summed E-state index contributed by atoms with van der Waals surface area (Å²) >= 11 is 0. The van der Waals surface area contributed by atoms with E-state index in [4.69, 9.17) is 0 Å². The molecule has 112 valence electrons. The van der Waals surface area contributed by atoms with Crippen molar-refractivity contribution in [2.45, 2.75) is 40.0 Å². The lowest BCUT2D eigenvalue weighted by atomic mass is 9.87. The molecular formula is C18H22O3. The molecule has 0 bridgehead atoms. The average molecular weight is 286 g/mol. The summed E-state index contributed by atoms with van der Waals surface area (Å²) in [7, 11) is 0. The lowest BCUT2D eigenvalue weighted by Crippen LogP contribution is -2.01. The maximum absolute atomic E-state index is 10.4. The molecular weight excluding hydrogens is 264 g/mol. The van der Waals surface area contributed by atoms with Crippen LogP contribution in [0.5, 0.6) is 17.2 Å². The van der Waals surface area contributed by atoms with Crippen molar-refractivity contribution in [3.63, 3.8) is 0 Å². The third-order valence-electron chi connectivity index (χ3n) is 3.96. The van der Waals surface area contributed by atoms with E-state index in [0.29, 0.717) is 11.1 Å². The van der Waals surface area contributed by atoms with Crippen molar-refractivity contribution in [2.75, 3.05) is 0 Å². The number of benzene rings is 2. The molecule has 3 heteroatoms. The number of hydrogen-bond acceptors (Lipinski definition) is 3. The number of phenolic OH excluding ortho intramolecular Hbond substituents is 3. The van der Waals surface area contributed by atoms with E-state index in [2.05, 4.69) is 13.8 Å². The first-order valence-corrected chi connectivity index (χ1v) is 7.42. The second-order valence-corrected chi connectivity index (χ2v) is 5.15. The SMILES string of the molecule is CCc1cc(O)c(-c2ccc(O)cc2O)c(CC)c1CC. The Bertz CT molecular complexity index is 660. The molecule has 0 aromatic heterocycles. The molecule has 2 aromatic carbocycles. The Morgan fingerprint density at radius 2 is 1.43 bits per heavy atom. The van der Waals surface area contributed by atoms with Gasteiger partial charge in [0.05, 0.1) is 0 Å². The molecule has 0 saturated heterocycles. The third-order valence-corrected chi connectivity index (χ3v) is 3.96. The van der Waals surface area contributed by atoms with Gasteiger partial charge in [-0.15, -0.1) is 0 Å². The summed E-state index contributed by atoms with van der Waals surface area (Å²) in [5.41, 5.74) is 4.67. The summed E-state index contributed by atoms with van der Waals surface area (Å²) in [4.78, 5) is 0. The van der Waals surface area contributed by atoms with E-state index >= 15 is 0 Å². The van der Waals surface area contributed by atoms with Crippen LogP contribution >= 0.6 is 0 Å². The second-order valence-electron chi connectivity index (χ2n) is 5.15. The van der Waals surface area contributed by atoms with Crippen molar-refractivity contribution in [3.8, 4) is 28.4 Å². The van der Waals surface area contributed by atoms with E-state index < -0.39 is 0 Å². The van der Waals surface area contributed by atoms with Crippen LogP contribution < -0.4 is 0 Å². The van der Waals surface area contributed by atoms with Crippen molar-refractivity contribution in [3.05, 3.63) is 41.0 Å². The van der Waals surface area contributed by atoms with Gasteiger partial charge in [-0.1, -0.05) is 20.8 Å². The normalized spacial score (nSPS) is 10.8. The summed E-state index contributed by atoms with van der Waals surface area (Å²) in [6.07, 6.45) is 2.53. The van der Waals surface area contributed by atoms with Gasteiger partial charge in [0.2, 0.25) is 0 Å². The van der Waals surface area contributed by atoms with Gasteiger partial charge in [-0.25, -0.2) is 0 Å². The fourth-order valence-electron chi connectivity index (χ4n) is 3.00. The van der Waals surface area contributed by atoms with Gasteiger partial charge in [0, 0.05) is 17.2 Å². The fraction of sp³-hybridized carbons (Fsp3) is 0.333. The monoisotopic (exact) mass is 286 g/mol. The maximum Gasteiger partial charge on any atom is 0.127 e. The van der Waals surface area contributed by atoms with Crippen molar-refractivity contribution in [1.82, 2.24) is 0 Å². The Kier molecular flexibility index (Phi) is 4.41. The predicted octanol–water partition coefficient (Wildman–Crippen LogP) is 4.16. The van der Waals surface area contributed by atoms with Crippen LogP contribution in [0.25, 0.3) is 11.1 Å². The van der Waals surface area contributed by atoms with Gasteiger partial charge >= 0.3 is 0 Å². The molecule has 3 nitrogen and oxygen atoms in total. The number of rotatable bonds is 4. The molecule has 0 fully saturated rings. The molecule has 0 atom stereocenters. The van der Waals surface area contributed by atoms with Crippen LogP contribution in [0.4, 0.5) is 0 Å². The Morgan fingerprint density at radius 3 is 1.95 bits per heavy atom. The molecule has 2 aromatic rings. The smallest absolute Gasteiger partial charge is 0.127 e. The van der Waals surface area contributed by atoms with Crippen molar-refractivity contribution < 1.29 is 15.3 Å². The number of phenols is 3. The molecule has 3 N–H and O–H groups in total. The molecule has 0 heterocycles. The Hall–Kier alpha value is -2.16. The van der Waals surface area contributed by atoms with Crippen LogP contribution in [0, 0.1) is 0 Å². The van der Waals surface area contributed by atoms with Crippen LogP contribution in [-0.4, -0.2) is 15.3 Å². The molecule has 21 heavy (non-hydrogen) atoms. The molecule has 0 spiro atoms. The summed E-state index contributed by atoms with van der Waals surface area (Å²) in [5, 5.41) is 30.0. The topological polar surface area (TPSA) is 60.7 Å². The summed E-state index contributed by atoms with van der Waals surface area (Å²) < 4.78 is 0. The minimum atomic E-state index is -0.0219. The van der Waals surface area contributed by atoms with E-state index in [1.807, 2.05) is 6.92 Å². The minimum absolute atomic E-state index is 0.00896. The predicted molar refractivity (Wildman–Crippen MR) is 85.0 cm³/mol. The lowest BCUT2D eigenvalue weighted by molar-refractivity contribution is 0.450. The van der Waals surface area contributed by atoms with Gasteiger partial charge in [0.25, 0.3) is 0 Å². The van der Waals surface area contributed by atoms with E-state index in [-0.39, 0.29) is 17.2 Å². The van der Waals surface area contributed by atoms with Crippen LogP contribution in [-0.2, 0) is 19.3 Å². The van der Waals surface area contributed by atoms with Gasteiger partial charge in [0.1, 0.15) is 17.2 Å². The van der Waals surface area contributed by atoms with Gasteiger partial charge < -0.3 is 15.3 Å². The molecule has 0 aliphatic rings. The number of aromatic hydroxyl groups is 3. The Labute approximate surface area is 125 Å². The highest BCUT2D eigenvalue weighted by Crippen LogP contribution is 2.42.